The summed E-state index contributed by atoms with van der Waals surface area (Å²) < 4.78 is 23.5. The molecule has 6 nitrogen and oxygen atoms in total. The van der Waals surface area contributed by atoms with E-state index in [1.165, 1.54) is 33.3 Å². The van der Waals surface area contributed by atoms with Crippen LogP contribution < -0.4 is 14.8 Å². The second-order valence-electron chi connectivity index (χ2n) is 5.86. The number of rotatable bonds is 8. The van der Waals surface area contributed by atoms with Crippen molar-refractivity contribution in [2.24, 2.45) is 0 Å². The quantitative estimate of drug-likeness (QED) is 0.771. The maximum absolute atomic E-state index is 13.0. The first kappa shape index (κ1) is 20.2. The molecule has 0 heterocycles. The average molecular weight is 374 g/mol. The Morgan fingerprint density at radius 1 is 1.04 bits per heavy atom. The molecule has 27 heavy (non-hydrogen) atoms. The third-order valence-corrected chi connectivity index (χ3v) is 4.05. The van der Waals surface area contributed by atoms with Crippen LogP contribution in [0.25, 0.3) is 0 Å². The Bertz CT molecular complexity index is 771. The monoisotopic (exact) mass is 374 g/mol. The lowest BCUT2D eigenvalue weighted by Gasteiger charge is -2.21. The van der Waals surface area contributed by atoms with Crippen LogP contribution in [0.3, 0.4) is 0 Å². The minimum absolute atomic E-state index is 0.136. The highest BCUT2D eigenvalue weighted by atomic mass is 19.1. The number of carbonyl (C=O) groups is 2. The molecule has 0 aliphatic carbocycles. The predicted molar refractivity (Wildman–Crippen MR) is 99.4 cm³/mol. The van der Waals surface area contributed by atoms with Crippen molar-refractivity contribution in [2.45, 2.75) is 13.5 Å². The summed E-state index contributed by atoms with van der Waals surface area (Å²) in [5, 5.41) is 2.78. The third-order valence-electron chi connectivity index (χ3n) is 4.05. The normalized spacial score (nSPS) is 10.2. The number of nitrogens with zero attached hydrogens (tertiary/aromatic N) is 1. The number of benzene rings is 2. The smallest absolute Gasteiger partial charge is 0.258 e. The summed E-state index contributed by atoms with van der Waals surface area (Å²) in [6.07, 6.45) is 0. The van der Waals surface area contributed by atoms with Gasteiger partial charge in [0.15, 0.2) is 0 Å². The molecule has 0 spiro atoms. The lowest BCUT2D eigenvalue weighted by Crippen LogP contribution is -2.37. The summed E-state index contributed by atoms with van der Waals surface area (Å²) in [5.41, 5.74) is 1.11. The molecule has 2 aromatic carbocycles. The molecule has 0 aliphatic rings. The second kappa shape index (κ2) is 9.56. The minimum atomic E-state index is -0.352. The molecule has 0 saturated heterocycles. The molecule has 1 N–H and O–H groups in total. The summed E-state index contributed by atoms with van der Waals surface area (Å²) in [6.45, 7) is 2.36. The first-order chi connectivity index (χ1) is 13.0. The number of nitrogens with one attached hydrogen (secondary N) is 1. The van der Waals surface area contributed by atoms with Crippen LogP contribution in [0, 0.1) is 5.82 Å². The molecule has 2 aromatic rings. The van der Waals surface area contributed by atoms with Gasteiger partial charge in [-0.1, -0.05) is 18.2 Å². The molecular weight excluding hydrogens is 351 g/mol. The first-order valence-electron chi connectivity index (χ1n) is 8.45. The molecule has 2 amide bonds. The fourth-order valence-corrected chi connectivity index (χ4v) is 2.63. The van der Waals surface area contributed by atoms with Gasteiger partial charge in [0, 0.05) is 26.6 Å². The lowest BCUT2D eigenvalue weighted by molar-refractivity contribution is -0.129. The Kier molecular flexibility index (Phi) is 7.16. The minimum Gasteiger partial charge on any atom is -0.496 e. The Balaban J connectivity index is 1.99. The first-order valence-corrected chi connectivity index (χ1v) is 8.45. The molecule has 0 aliphatic heterocycles. The van der Waals surface area contributed by atoms with Crippen molar-refractivity contribution in [1.82, 2.24) is 10.2 Å². The van der Waals surface area contributed by atoms with Gasteiger partial charge in [0.25, 0.3) is 5.91 Å². The summed E-state index contributed by atoms with van der Waals surface area (Å²) in [7, 11) is 2.96. The largest absolute Gasteiger partial charge is 0.496 e. The highest BCUT2D eigenvalue weighted by Crippen LogP contribution is 2.27. The van der Waals surface area contributed by atoms with Gasteiger partial charge in [-0.2, -0.15) is 0 Å². The fraction of sp³-hybridized carbons (Fsp3) is 0.300. The highest BCUT2D eigenvalue weighted by Gasteiger charge is 2.18. The maximum atomic E-state index is 13.0. The number of amides is 2. The van der Waals surface area contributed by atoms with E-state index in [4.69, 9.17) is 9.47 Å². The number of ether oxygens (including phenoxy) is 2. The van der Waals surface area contributed by atoms with Crippen LogP contribution in [0.1, 0.15) is 22.8 Å². The number of halogens is 1. The van der Waals surface area contributed by atoms with E-state index in [1.54, 1.807) is 35.2 Å². The van der Waals surface area contributed by atoms with Crippen molar-refractivity contribution >= 4 is 11.8 Å². The van der Waals surface area contributed by atoms with Gasteiger partial charge in [-0.05, 0) is 29.8 Å². The van der Waals surface area contributed by atoms with Gasteiger partial charge in [-0.15, -0.1) is 0 Å². The zero-order chi connectivity index (χ0) is 19.8. The Labute approximate surface area is 157 Å². The van der Waals surface area contributed by atoms with Crippen molar-refractivity contribution in [1.29, 1.82) is 0 Å². The van der Waals surface area contributed by atoms with Crippen LogP contribution in [0.2, 0.25) is 0 Å². The Morgan fingerprint density at radius 3 is 2.15 bits per heavy atom. The average Bonchev–Trinajstić information content (AvgIpc) is 2.67. The van der Waals surface area contributed by atoms with Gasteiger partial charge in [0.2, 0.25) is 5.91 Å². The lowest BCUT2D eigenvalue weighted by atomic mass is 10.1. The standard InChI is InChI=1S/C20H23FN2O4/c1-14(24)23(13-15-7-9-16(21)10-8-15)12-11-22-20(25)19-17(26-2)5-4-6-18(19)27-3/h4-10H,11-13H2,1-3H3,(H,22,25). The van der Waals surface area contributed by atoms with Crippen LogP contribution in [0.15, 0.2) is 42.5 Å². The van der Waals surface area contributed by atoms with Crippen molar-refractivity contribution < 1.29 is 23.5 Å². The van der Waals surface area contributed by atoms with E-state index in [2.05, 4.69) is 5.32 Å². The van der Waals surface area contributed by atoms with Crippen LogP contribution >= 0.6 is 0 Å². The van der Waals surface area contributed by atoms with E-state index in [0.29, 0.717) is 30.2 Å². The second-order valence-corrected chi connectivity index (χ2v) is 5.86. The van der Waals surface area contributed by atoms with E-state index in [-0.39, 0.29) is 24.2 Å². The van der Waals surface area contributed by atoms with E-state index in [0.717, 1.165) is 5.56 Å². The van der Waals surface area contributed by atoms with Crippen molar-refractivity contribution in [3.05, 3.63) is 59.4 Å². The SMILES string of the molecule is COc1cccc(OC)c1C(=O)NCCN(Cc1ccc(F)cc1)C(C)=O. The Hall–Kier alpha value is -3.09. The zero-order valence-electron chi connectivity index (χ0n) is 15.6. The molecule has 2 rings (SSSR count). The van der Waals surface area contributed by atoms with E-state index in [1.807, 2.05) is 0 Å². The van der Waals surface area contributed by atoms with Crippen LogP contribution in [-0.4, -0.2) is 44.0 Å². The summed E-state index contributed by atoms with van der Waals surface area (Å²) in [5.74, 6) is -0.00709. The summed E-state index contributed by atoms with van der Waals surface area (Å²) >= 11 is 0. The van der Waals surface area contributed by atoms with E-state index < -0.39 is 0 Å². The molecule has 0 radical (unpaired) electrons. The molecule has 7 heteroatoms. The Morgan fingerprint density at radius 2 is 1.63 bits per heavy atom. The molecule has 144 valence electrons. The molecule has 0 aromatic heterocycles. The van der Waals surface area contributed by atoms with E-state index in [9.17, 15) is 14.0 Å². The summed E-state index contributed by atoms with van der Waals surface area (Å²) in [6, 6.07) is 11.0. The van der Waals surface area contributed by atoms with Crippen molar-refractivity contribution in [2.75, 3.05) is 27.3 Å². The molecule has 0 unspecified atom stereocenters. The van der Waals surface area contributed by atoms with Crippen LogP contribution in [0.4, 0.5) is 4.39 Å². The molecular formula is C20H23FN2O4. The van der Waals surface area contributed by atoms with Gasteiger partial charge in [-0.25, -0.2) is 4.39 Å². The number of methoxy groups -OCH3 is 2. The maximum Gasteiger partial charge on any atom is 0.258 e. The number of hydrogen-bond acceptors (Lipinski definition) is 4. The van der Waals surface area contributed by atoms with Gasteiger partial charge in [-0.3, -0.25) is 9.59 Å². The third kappa shape index (κ3) is 5.44. The van der Waals surface area contributed by atoms with Crippen LogP contribution in [-0.2, 0) is 11.3 Å². The van der Waals surface area contributed by atoms with Crippen LogP contribution in [0.5, 0.6) is 11.5 Å². The van der Waals surface area contributed by atoms with Gasteiger partial charge in [0.1, 0.15) is 22.9 Å². The van der Waals surface area contributed by atoms with E-state index >= 15 is 0 Å². The van der Waals surface area contributed by atoms with Crippen molar-refractivity contribution in [3.8, 4) is 11.5 Å². The fourth-order valence-electron chi connectivity index (χ4n) is 2.63. The molecule has 0 atom stereocenters. The predicted octanol–water partition coefficient (Wildman–Crippen LogP) is 2.62. The number of carbonyl (C=O) groups excluding carboxylic acids is 2. The van der Waals surface area contributed by atoms with Gasteiger partial charge < -0.3 is 19.7 Å². The molecule has 0 bridgehead atoms. The van der Waals surface area contributed by atoms with Gasteiger partial charge >= 0.3 is 0 Å². The number of hydrogen-bond donors (Lipinski definition) is 1. The molecule has 0 saturated carbocycles. The molecule has 0 fully saturated rings. The highest BCUT2D eigenvalue weighted by molar-refractivity contribution is 5.99. The summed E-state index contributed by atoms with van der Waals surface area (Å²) in [4.78, 5) is 26.0. The van der Waals surface area contributed by atoms with Crippen molar-refractivity contribution in [3.63, 3.8) is 0 Å². The zero-order valence-corrected chi connectivity index (χ0v) is 15.6. The topological polar surface area (TPSA) is 67.9 Å². The van der Waals surface area contributed by atoms with Gasteiger partial charge in [0.05, 0.1) is 14.2 Å².